The number of unbranched alkanes of at least 4 members (excludes halogenated alkanes) is 1. The number of nitrogens with zero attached hydrogens (tertiary/aromatic N) is 1. The average molecular weight is 349 g/mol. The highest BCUT2D eigenvalue weighted by molar-refractivity contribution is 7.18. The fraction of sp³-hybridized carbons (Fsp3) is 0.471. The van der Waals surface area contributed by atoms with E-state index >= 15 is 0 Å². The summed E-state index contributed by atoms with van der Waals surface area (Å²) in [6.45, 7) is 0.930. The van der Waals surface area contributed by atoms with Crippen LogP contribution in [0.3, 0.4) is 0 Å². The second-order valence-electron chi connectivity index (χ2n) is 5.40. The van der Waals surface area contributed by atoms with E-state index in [1.807, 2.05) is 18.2 Å². The molecule has 0 radical (unpaired) electrons. The van der Waals surface area contributed by atoms with Crippen molar-refractivity contribution in [3.8, 4) is 0 Å². The van der Waals surface area contributed by atoms with Crippen LogP contribution in [0.25, 0.3) is 10.2 Å². The van der Waals surface area contributed by atoms with Gasteiger partial charge in [-0.15, -0.1) is 11.3 Å². The smallest absolute Gasteiger partial charge is 0.239 e. The van der Waals surface area contributed by atoms with Gasteiger partial charge in [-0.25, -0.2) is 4.98 Å². The van der Waals surface area contributed by atoms with Gasteiger partial charge in [-0.1, -0.05) is 12.1 Å². The third-order valence-corrected chi connectivity index (χ3v) is 4.55. The first-order valence-corrected chi connectivity index (χ1v) is 8.87. The van der Waals surface area contributed by atoms with Crippen molar-refractivity contribution in [1.29, 1.82) is 0 Å². The molecule has 6 nitrogen and oxygen atoms in total. The van der Waals surface area contributed by atoms with E-state index in [0.717, 1.165) is 29.8 Å². The fourth-order valence-electron chi connectivity index (χ4n) is 2.21. The summed E-state index contributed by atoms with van der Waals surface area (Å²) >= 11 is 1.70. The van der Waals surface area contributed by atoms with Crippen LogP contribution in [0.4, 0.5) is 0 Å². The van der Waals surface area contributed by atoms with Crippen molar-refractivity contribution >= 4 is 33.4 Å². The van der Waals surface area contributed by atoms with Gasteiger partial charge >= 0.3 is 0 Å². The number of methoxy groups -OCH3 is 1. The summed E-state index contributed by atoms with van der Waals surface area (Å²) in [5.41, 5.74) is 1.04. The number of carbonyl (C=O) groups is 2. The van der Waals surface area contributed by atoms with Gasteiger partial charge in [0.25, 0.3) is 0 Å². The molecule has 0 spiro atoms. The Morgan fingerprint density at radius 1 is 1.17 bits per heavy atom. The van der Waals surface area contributed by atoms with Gasteiger partial charge in [0.1, 0.15) is 0 Å². The fourth-order valence-corrected chi connectivity index (χ4v) is 3.22. The summed E-state index contributed by atoms with van der Waals surface area (Å²) in [6.07, 6.45) is 3.00. The van der Waals surface area contributed by atoms with Crippen LogP contribution in [0.2, 0.25) is 0 Å². The second-order valence-corrected chi connectivity index (χ2v) is 6.52. The predicted octanol–water partition coefficient (Wildman–Crippen LogP) is 1.89. The number of rotatable bonds is 10. The summed E-state index contributed by atoms with van der Waals surface area (Å²) < 4.78 is 6.03. The molecule has 0 aliphatic carbocycles. The van der Waals surface area contributed by atoms with E-state index in [-0.39, 0.29) is 18.4 Å². The van der Waals surface area contributed by atoms with Crippen LogP contribution in [-0.2, 0) is 20.7 Å². The molecule has 2 rings (SSSR count). The number of hydrogen-bond acceptors (Lipinski definition) is 5. The van der Waals surface area contributed by atoms with Crippen LogP contribution >= 0.6 is 11.3 Å². The molecule has 0 aliphatic rings. The predicted molar refractivity (Wildman–Crippen MR) is 95.1 cm³/mol. The van der Waals surface area contributed by atoms with Crippen molar-refractivity contribution in [2.75, 3.05) is 26.8 Å². The Hall–Kier alpha value is -1.99. The number of thiazole rings is 1. The molecule has 0 saturated heterocycles. The normalized spacial score (nSPS) is 10.7. The summed E-state index contributed by atoms with van der Waals surface area (Å²) in [4.78, 5) is 27.7. The molecule has 1 aromatic heterocycles. The van der Waals surface area contributed by atoms with Crippen molar-refractivity contribution in [3.63, 3.8) is 0 Å². The Morgan fingerprint density at radius 2 is 2.00 bits per heavy atom. The van der Waals surface area contributed by atoms with E-state index in [0.29, 0.717) is 19.6 Å². The molecular formula is C17H23N3O3S. The van der Waals surface area contributed by atoms with E-state index in [4.69, 9.17) is 4.74 Å². The first-order valence-electron chi connectivity index (χ1n) is 8.06. The molecule has 0 bridgehead atoms. The van der Waals surface area contributed by atoms with Gasteiger partial charge < -0.3 is 15.4 Å². The van der Waals surface area contributed by atoms with E-state index in [1.54, 1.807) is 18.4 Å². The van der Waals surface area contributed by atoms with Crippen molar-refractivity contribution in [2.24, 2.45) is 0 Å². The zero-order valence-corrected chi connectivity index (χ0v) is 14.7. The number of para-hydroxylation sites is 1. The quantitative estimate of drug-likeness (QED) is 0.642. The minimum absolute atomic E-state index is 0.0143. The van der Waals surface area contributed by atoms with Crippen LogP contribution in [0.5, 0.6) is 0 Å². The summed E-state index contributed by atoms with van der Waals surface area (Å²) in [6, 6.07) is 8.09. The summed E-state index contributed by atoms with van der Waals surface area (Å²) in [5.74, 6) is -0.295. The molecule has 2 aromatic rings. The molecule has 2 amide bonds. The zero-order valence-electron chi connectivity index (χ0n) is 13.8. The van der Waals surface area contributed by atoms with E-state index in [1.165, 1.54) is 4.70 Å². The second kappa shape index (κ2) is 10.00. The zero-order chi connectivity index (χ0) is 17.2. The lowest BCUT2D eigenvalue weighted by molar-refractivity contribution is -0.126. The van der Waals surface area contributed by atoms with E-state index < -0.39 is 0 Å². The maximum absolute atomic E-state index is 11.7. The Labute approximate surface area is 145 Å². The molecule has 0 aliphatic heterocycles. The Morgan fingerprint density at radius 3 is 2.79 bits per heavy atom. The number of ether oxygens (including phenoxy) is 1. The Balaban J connectivity index is 1.58. The van der Waals surface area contributed by atoms with Crippen LogP contribution in [-0.4, -0.2) is 43.6 Å². The van der Waals surface area contributed by atoms with Gasteiger partial charge in [0.15, 0.2) is 0 Å². The van der Waals surface area contributed by atoms with Crippen LogP contribution in [0.1, 0.15) is 24.3 Å². The molecule has 2 N–H and O–H groups in total. The number of aryl methyl sites for hydroxylation is 1. The minimum atomic E-state index is -0.199. The van der Waals surface area contributed by atoms with Gasteiger partial charge in [-0.3, -0.25) is 9.59 Å². The molecule has 0 fully saturated rings. The highest BCUT2D eigenvalue weighted by Crippen LogP contribution is 2.22. The number of aromatic nitrogens is 1. The highest BCUT2D eigenvalue weighted by atomic mass is 32.1. The maximum atomic E-state index is 11.7. The maximum Gasteiger partial charge on any atom is 0.239 e. The molecule has 7 heteroatoms. The van der Waals surface area contributed by atoms with Gasteiger partial charge in [0.2, 0.25) is 11.8 Å². The lowest BCUT2D eigenvalue weighted by Gasteiger charge is -2.06. The molecule has 24 heavy (non-hydrogen) atoms. The van der Waals surface area contributed by atoms with Crippen molar-refractivity contribution in [3.05, 3.63) is 29.3 Å². The molecule has 0 unspecified atom stereocenters. The Bertz CT molecular complexity index is 639. The van der Waals surface area contributed by atoms with Gasteiger partial charge in [0, 0.05) is 20.1 Å². The SMILES string of the molecule is COCCNC(=O)CNC(=O)CCCCc1nc2ccccc2s1. The third kappa shape index (κ3) is 6.25. The van der Waals surface area contributed by atoms with Crippen LogP contribution in [0.15, 0.2) is 24.3 Å². The van der Waals surface area contributed by atoms with Gasteiger partial charge in [0.05, 0.1) is 28.4 Å². The monoisotopic (exact) mass is 349 g/mol. The summed E-state index contributed by atoms with van der Waals surface area (Å²) in [5, 5.41) is 6.39. The first kappa shape index (κ1) is 18.4. The number of fused-ring (bicyclic) bond motifs is 1. The van der Waals surface area contributed by atoms with Crippen LogP contribution in [0, 0.1) is 0 Å². The molecule has 0 atom stereocenters. The standard InChI is InChI=1S/C17H23N3O3S/c1-23-11-10-18-16(22)12-19-15(21)8-4-5-9-17-20-13-6-2-3-7-14(13)24-17/h2-3,6-7H,4-5,8-12H2,1H3,(H,18,22)(H,19,21). The summed E-state index contributed by atoms with van der Waals surface area (Å²) in [7, 11) is 1.57. The highest BCUT2D eigenvalue weighted by Gasteiger charge is 2.06. The number of carbonyl (C=O) groups excluding carboxylic acids is 2. The molecule has 130 valence electrons. The topological polar surface area (TPSA) is 80.3 Å². The number of nitrogens with one attached hydrogen (secondary N) is 2. The largest absolute Gasteiger partial charge is 0.383 e. The average Bonchev–Trinajstić information content (AvgIpc) is 3.00. The van der Waals surface area contributed by atoms with Crippen LogP contribution < -0.4 is 10.6 Å². The molecular weight excluding hydrogens is 326 g/mol. The first-order chi connectivity index (χ1) is 11.7. The lowest BCUT2D eigenvalue weighted by Crippen LogP contribution is -2.38. The molecule has 1 heterocycles. The van der Waals surface area contributed by atoms with Crippen molar-refractivity contribution < 1.29 is 14.3 Å². The molecule has 1 aromatic carbocycles. The third-order valence-electron chi connectivity index (χ3n) is 3.46. The van der Waals surface area contributed by atoms with Crippen molar-refractivity contribution in [2.45, 2.75) is 25.7 Å². The van der Waals surface area contributed by atoms with E-state index in [9.17, 15) is 9.59 Å². The number of benzene rings is 1. The molecule has 0 saturated carbocycles. The van der Waals surface area contributed by atoms with Gasteiger partial charge in [-0.2, -0.15) is 0 Å². The number of hydrogen-bond donors (Lipinski definition) is 2. The van der Waals surface area contributed by atoms with Gasteiger partial charge in [-0.05, 0) is 31.4 Å². The van der Waals surface area contributed by atoms with E-state index in [2.05, 4.69) is 21.7 Å². The Kier molecular flexibility index (Phi) is 7.64. The minimum Gasteiger partial charge on any atom is -0.383 e. The lowest BCUT2D eigenvalue weighted by atomic mass is 10.2. The number of amides is 2. The van der Waals surface area contributed by atoms with Crippen molar-refractivity contribution in [1.82, 2.24) is 15.6 Å².